The number of rotatable bonds is 4. The summed E-state index contributed by atoms with van der Waals surface area (Å²) in [6.45, 7) is 6.86. The first-order chi connectivity index (χ1) is 8.60. The van der Waals surface area contributed by atoms with Gasteiger partial charge in [0.1, 0.15) is 0 Å². The fourth-order valence-electron chi connectivity index (χ4n) is 1.78. The van der Waals surface area contributed by atoms with Crippen molar-refractivity contribution in [2.75, 3.05) is 6.54 Å². The normalized spacial score (nSPS) is 12.7. The summed E-state index contributed by atoms with van der Waals surface area (Å²) in [5.74, 6) is 1.09. The number of benzene rings is 1. The minimum absolute atomic E-state index is 0.0523. The maximum absolute atomic E-state index is 6.02. The van der Waals surface area contributed by atoms with Crippen LogP contribution in [0.15, 0.2) is 22.6 Å². The van der Waals surface area contributed by atoms with Crippen LogP contribution in [0.25, 0.3) is 11.5 Å². The summed E-state index contributed by atoms with van der Waals surface area (Å²) in [7, 11) is 0. The molecule has 1 aromatic carbocycles. The average molecular weight is 266 g/mol. The second-order valence-electron chi connectivity index (χ2n) is 4.24. The van der Waals surface area contributed by atoms with Crippen molar-refractivity contribution in [1.29, 1.82) is 0 Å². The molecule has 0 aliphatic heterocycles. The van der Waals surface area contributed by atoms with Crippen molar-refractivity contribution in [1.82, 2.24) is 15.5 Å². The van der Waals surface area contributed by atoms with Gasteiger partial charge < -0.3 is 9.73 Å². The van der Waals surface area contributed by atoms with E-state index in [0.29, 0.717) is 16.8 Å². The predicted molar refractivity (Wildman–Crippen MR) is 71.6 cm³/mol. The molecule has 0 amide bonds. The first-order valence-corrected chi connectivity index (χ1v) is 6.32. The van der Waals surface area contributed by atoms with E-state index in [9.17, 15) is 0 Å². The van der Waals surface area contributed by atoms with Crippen LogP contribution in [-0.2, 0) is 0 Å². The minimum atomic E-state index is 0.0523. The molecule has 0 aliphatic rings. The molecule has 1 aromatic heterocycles. The summed E-state index contributed by atoms with van der Waals surface area (Å²) in [6, 6.07) is 5.74. The van der Waals surface area contributed by atoms with Gasteiger partial charge in [0.05, 0.1) is 6.04 Å². The summed E-state index contributed by atoms with van der Waals surface area (Å²) < 4.78 is 5.65. The highest BCUT2D eigenvalue weighted by molar-refractivity contribution is 6.30. The molecule has 0 saturated carbocycles. The molecular formula is C13H16ClN3O. The van der Waals surface area contributed by atoms with Gasteiger partial charge in [0.2, 0.25) is 11.8 Å². The first-order valence-electron chi connectivity index (χ1n) is 5.94. The van der Waals surface area contributed by atoms with Gasteiger partial charge in [0.15, 0.2) is 0 Å². The lowest BCUT2D eigenvalue weighted by molar-refractivity contribution is 0.429. The Balaban J connectivity index is 2.29. The first kappa shape index (κ1) is 13.1. The third kappa shape index (κ3) is 2.89. The Hall–Kier alpha value is -1.39. The van der Waals surface area contributed by atoms with E-state index in [1.54, 1.807) is 0 Å². The quantitative estimate of drug-likeness (QED) is 0.921. The van der Waals surface area contributed by atoms with Crippen molar-refractivity contribution < 1.29 is 4.42 Å². The smallest absolute Gasteiger partial charge is 0.247 e. The summed E-state index contributed by atoms with van der Waals surface area (Å²) >= 11 is 6.02. The fourth-order valence-corrected chi connectivity index (χ4v) is 2.07. The molecule has 1 unspecified atom stereocenters. The van der Waals surface area contributed by atoms with Crippen LogP contribution >= 0.6 is 11.6 Å². The lowest BCUT2D eigenvalue weighted by atomic mass is 10.1. The van der Waals surface area contributed by atoms with Crippen LogP contribution in [0.4, 0.5) is 0 Å². The molecule has 0 aliphatic carbocycles. The maximum atomic E-state index is 6.02. The molecule has 1 N–H and O–H groups in total. The van der Waals surface area contributed by atoms with Crippen LogP contribution in [0, 0.1) is 6.92 Å². The van der Waals surface area contributed by atoms with E-state index in [1.165, 1.54) is 0 Å². The Morgan fingerprint density at radius 2 is 2.11 bits per heavy atom. The average Bonchev–Trinajstić information content (AvgIpc) is 2.77. The molecule has 4 nitrogen and oxygen atoms in total. The van der Waals surface area contributed by atoms with E-state index in [-0.39, 0.29) is 6.04 Å². The maximum Gasteiger partial charge on any atom is 0.247 e. The number of halogens is 1. The van der Waals surface area contributed by atoms with Gasteiger partial charge in [-0.2, -0.15) is 0 Å². The van der Waals surface area contributed by atoms with Gasteiger partial charge in [0, 0.05) is 10.6 Å². The third-order valence-electron chi connectivity index (χ3n) is 2.61. The van der Waals surface area contributed by atoms with E-state index in [2.05, 4.69) is 15.5 Å². The molecular weight excluding hydrogens is 250 g/mol. The largest absolute Gasteiger partial charge is 0.419 e. The summed E-state index contributed by atoms with van der Waals surface area (Å²) in [4.78, 5) is 0. The van der Waals surface area contributed by atoms with Gasteiger partial charge >= 0.3 is 0 Å². The van der Waals surface area contributed by atoms with Gasteiger partial charge in [-0.3, -0.25) is 0 Å². The third-order valence-corrected chi connectivity index (χ3v) is 2.83. The number of aromatic nitrogens is 2. The molecule has 0 spiro atoms. The molecule has 2 rings (SSSR count). The topological polar surface area (TPSA) is 51.0 Å². The van der Waals surface area contributed by atoms with Crippen LogP contribution in [0.1, 0.15) is 31.3 Å². The summed E-state index contributed by atoms with van der Waals surface area (Å²) in [5.41, 5.74) is 1.92. The number of aryl methyl sites for hydroxylation is 1. The molecule has 2 aromatic rings. The van der Waals surface area contributed by atoms with Crippen LogP contribution in [0.5, 0.6) is 0 Å². The Morgan fingerprint density at radius 1 is 1.33 bits per heavy atom. The second-order valence-corrected chi connectivity index (χ2v) is 4.68. The molecule has 0 fully saturated rings. The van der Waals surface area contributed by atoms with Gasteiger partial charge in [-0.1, -0.05) is 18.5 Å². The van der Waals surface area contributed by atoms with Gasteiger partial charge in [0.25, 0.3) is 0 Å². The summed E-state index contributed by atoms with van der Waals surface area (Å²) in [6.07, 6.45) is 0. The molecule has 96 valence electrons. The summed E-state index contributed by atoms with van der Waals surface area (Å²) in [5, 5.41) is 12.0. The fraction of sp³-hybridized carbons (Fsp3) is 0.385. The van der Waals surface area contributed by atoms with Crippen LogP contribution in [0.3, 0.4) is 0 Å². The second kappa shape index (κ2) is 5.50. The van der Waals surface area contributed by atoms with Crippen molar-refractivity contribution in [3.63, 3.8) is 0 Å². The van der Waals surface area contributed by atoms with Gasteiger partial charge in [-0.15, -0.1) is 10.2 Å². The van der Waals surface area contributed by atoms with Crippen molar-refractivity contribution in [2.45, 2.75) is 26.8 Å². The molecule has 0 radical (unpaired) electrons. The Morgan fingerprint density at radius 3 is 2.78 bits per heavy atom. The Bertz CT molecular complexity index is 519. The van der Waals surface area contributed by atoms with Gasteiger partial charge in [-0.25, -0.2) is 0 Å². The monoisotopic (exact) mass is 265 g/mol. The zero-order valence-electron chi connectivity index (χ0n) is 10.7. The number of nitrogens with zero attached hydrogens (tertiary/aromatic N) is 2. The zero-order chi connectivity index (χ0) is 13.1. The van der Waals surface area contributed by atoms with Crippen molar-refractivity contribution in [3.05, 3.63) is 34.7 Å². The van der Waals surface area contributed by atoms with Crippen molar-refractivity contribution in [3.8, 4) is 11.5 Å². The highest BCUT2D eigenvalue weighted by Crippen LogP contribution is 2.24. The van der Waals surface area contributed by atoms with Crippen LogP contribution < -0.4 is 5.32 Å². The zero-order valence-corrected chi connectivity index (χ0v) is 11.5. The van der Waals surface area contributed by atoms with Gasteiger partial charge in [-0.05, 0) is 44.2 Å². The Kier molecular flexibility index (Phi) is 3.99. The molecule has 1 heterocycles. The van der Waals surface area contributed by atoms with E-state index in [4.69, 9.17) is 16.0 Å². The molecule has 0 saturated heterocycles. The SMILES string of the molecule is CCNC(C)c1nnc(-c2cc(C)cc(Cl)c2)o1. The molecule has 18 heavy (non-hydrogen) atoms. The van der Waals surface area contributed by atoms with E-state index in [1.807, 2.05) is 39.0 Å². The molecule has 0 bridgehead atoms. The Labute approximate surface area is 111 Å². The van der Waals surface area contributed by atoms with Crippen LogP contribution in [0.2, 0.25) is 5.02 Å². The lowest BCUT2D eigenvalue weighted by Crippen LogP contribution is -2.17. The number of hydrogen-bond donors (Lipinski definition) is 1. The molecule has 5 heteroatoms. The highest BCUT2D eigenvalue weighted by atomic mass is 35.5. The van der Waals surface area contributed by atoms with E-state index in [0.717, 1.165) is 17.7 Å². The van der Waals surface area contributed by atoms with Crippen molar-refractivity contribution in [2.24, 2.45) is 0 Å². The highest BCUT2D eigenvalue weighted by Gasteiger charge is 2.14. The van der Waals surface area contributed by atoms with Crippen molar-refractivity contribution >= 4 is 11.6 Å². The number of hydrogen-bond acceptors (Lipinski definition) is 4. The lowest BCUT2D eigenvalue weighted by Gasteiger charge is -2.05. The molecule has 1 atom stereocenters. The van der Waals surface area contributed by atoms with Crippen LogP contribution in [-0.4, -0.2) is 16.7 Å². The standard InChI is InChI=1S/C13H16ClN3O/c1-4-15-9(3)12-16-17-13(18-12)10-5-8(2)6-11(14)7-10/h5-7,9,15H,4H2,1-3H3. The predicted octanol–water partition coefficient (Wildman–Crippen LogP) is 3.37. The van der Waals surface area contributed by atoms with E-state index < -0.39 is 0 Å². The number of nitrogens with one attached hydrogen (secondary N) is 1. The van der Waals surface area contributed by atoms with E-state index >= 15 is 0 Å². The minimum Gasteiger partial charge on any atom is -0.419 e.